The van der Waals surface area contributed by atoms with Gasteiger partial charge >= 0.3 is 6.09 Å². The number of hydrogen-bond acceptors (Lipinski definition) is 3. The van der Waals surface area contributed by atoms with Crippen LogP contribution in [0.25, 0.3) is 0 Å². The highest BCUT2D eigenvalue weighted by Gasteiger charge is 2.63. The first-order valence-electron chi connectivity index (χ1n) is 15.4. The van der Waals surface area contributed by atoms with E-state index in [4.69, 9.17) is 4.74 Å². The summed E-state index contributed by atoms with van der Waals surface area (Å²) in [4.78, 5) is 28.0. The molecule has 1 saturated heterocycles. The Morgan fingerprint density at radius 2 is 1.56 bits per heavy atom. The Balaban J connectivity index is 1.07. The van der Waals surface area contributed by atoms with E-state index in [0.717, 1.165) is 56.3 Å². The molecule has 7 saturated carbocycles. The van der Waals surface area contributed by atoms with E-state index in [-0.39, 0.29) is 28.6 Å². The van der Waals surface area contributed by atoms with Gasteiger partial charge in [-0.2, -0.15) is 0 Å². The number of ether oxygens (including phenoxy) is 1. The third-order valence-electron chi connectivity index (χ3n) is 13.5. The van der Waals surface area contributed by atoms with Gasteiger partial charge in [-0.25, -0.2) is 4.79 Å². The molecular weight excluding hydrogens is 448 g/mol. The minimum absolute atomic E-state index is 0.123. The van der Waals surface area contributed by atoms with Gasteiger partial charge in [-0.05, 0) is 129 Å². The van der Waals surface area contributed by atoms with Crippen LogP contribution in [0.3, 0.4) is 0 Å². The van der Waals surface area contributed by atoms with Gasteiger partial charge < -0.3 is 15.0 Å². The van der Waals surface area contributed by atoms with Gasteiger partial charge in [0.1, 0.15) is 5.60 Å². The van der Waals surface area contributed by atoms with Gasteiger partial charge in [0.15, 0.2) is 0 Å². The Bertz CT molecular complexity index is 913. The number of nitrogens with one attached hydrogen (secondary N) is 1. The van der Waals surface area contributed by atoms with Crippen LogP contribution < -0.4 is 5.32 Å². The maximum atomic E-state index is 13.4. The summed E-state index contributed by atoms with van der Waals surface area (Å²) in [5.41, 5.74) is 0.237. The minimum Gasteiger partial charge on any atom is -0.443 e. The molecule has 1 heterocycles. The van der Waals surface area contributed by atoms with E-state index >= 15 is 0 Å². The number of nitrogens with zero attached hydrogens (tertiary/aromatic N) is 1. The highest BCUT2D eigenvalue weighted by Crippen LogP contribution is 2.66. The van der Waals surface area contributed by atoms with Crippen molar-refractivity contribution in [3.8, 4) is 0 Å². The van der Waals surface area contributed by atoms with Crippen LogP contribution in [0.1, 0.15) is 104 Å². The Kier molecular flexibility index (Phi) is 5.22. The van der Waals surface area contributed by atoms with Crippen LogP contribution in [0.2, 0.25) is 0 Å². The van der Waals surface area contributed by atoms with Crippen molar-refractivity contribution in [2.75, 3.05) is 7.05 Å². The average molecular weight is 497 g/mol. The summed E-state index contributed by atoms with van der Waals surface area (Å²) in [6.45, 7) is 7.44. The lowest BCUT2D eigenvalue weighted by molar-refractivity contribution is -0.165. The lowest BCUT2D eigenvalue weighted by Gasteiger charge is -2.63. The number of hydrogen-bond donors (Lipinski definition) is 1. The zero-order chi connectivity index (χ0) is 25.0. The van der Waals surface area contributed by atoms with Crippen molar-refractivity contribution in [1.29, 1.82) is 0 Å². The van der Waals surface area contributed by atoms with Crippen LogP contribution >= 0.6 is 0 Å². The number of piperidine rings is 1. The second kappa shape index (κ2) is 7.88. The molecule has 7 aliphatic carbocycles. The minimum atomic E-state index is -0.165. The van der Waals surface area contributed by atoms with Crippen molar-refractivity contribution in [2.45, 2.75) is 122 Å². The molecule has 0 aromatic rings. The van der Waals surface area contributed by atoms with E-state index < -0.39 is 0 Å². The molecule has 5 heteroatoms. The summed E-state index contributed by atoms with van der Waals surface area (Å²) in [6, 6.07) is 0.628. The fraction of sp³-hybridized carbons (Fsp3) is 0.935. The fourth-order valence-electron chi connectivity index (χ4n) is 12.2. The number of rotatable bonds is 2. The van der Waals surface area contributed by atoms with Gasteiger partial charge in [0, 0.05) is 25.6 Å². The number of amides is 2. The summed E-state index contributed by atoms with van der Waals surface area (Å²) >= 11 is 0. The van der Waals surface area contributed by atoms with Crippen molar-refractivity contribution in [2.24, 2.45) is 52.3 Å². The maximum absolute atomic E-state index is 13.4. The van der Waals surface area contributed by atoms with E-state index in [1.165, 1.54) is 38.5 Å². The molecule has 0 aromatic heterocycles. The summed E-state index contributed by atoms with van der Waals surface area (Å²) in [6.07, 6.45) is 14.9. The molecule has 0 spiro atoms. The molecule has 1 aliphatic heterocycles. The normalized spacial score (nSPS) is 55.1. The number of carbonyl (C=O) groups is 2. The second-order valence-corrected chi connectivity index (χ2v) is 15.3. The highest BCUT2D eigenvalue weighted by atomic mass is 16.6. The Hall–Kier alpha value is -1.26. The molecule has 0 unspecified atom stereocenters. The zero-order valence-electron chi connectivity index (χ0n) is 23.1. The first-order valence-corrected chi connectivity index (χ1v) is 15.4. The summed E-state index contributed by atoms with van der Waals surface area (Å²) in [5, 5.41) is 3.47. The second-order valence-electron chi connectivity index (χ2n) is 15.3. The Morgan fingerprint density at radius 1 is 0.917 bits per heavy atom. The molecule has 2 amide bonds. The van der Waals surface area contributed by atoms with E-state index in [1.54, 1.807) is 0 Å². The molecule has 8 atom stereocenters. The Labute approximate surface area is 217 Å². The summed E-state index contributed by atoms with van der Waals surface area (Å²) in [7, 11) is 2.05. The molecule has 8 aliphatic rings. The standard InChI is InChI=1S/C31H48N2O3/c1-18-11-25-30(3,10-8-26(34)33(25)4)23-7-9-29(2)22(27(18)23)5-6-24(29)32-28(35)36-31-15-19-12-20(16-31)14-21(13-19)17-31/h18-25,27H,5-17H2,1-4H3,(H,32,35)/t18-,19?,20?,21?,22-,23-,24-,25+,27-,29-,30+,31?/m0/s1. The summed E-state index contributed by atoms with van der Waals surface area (Å²) in [5.74, 6) is 5.40. The number of alkyl carbamates (subject to hydrolysis) is 1. The van der Waals surface area contributed by atoms with Crippen LogP contribution in [0.15, 0.2) is 0 Å². The van der Waals surface area contributed by atoms with Crippen molar-refractivity contribution < 1.29 is 14.3 Å². The zero-order valence-corrected chi connectivity index (χ0v) is 23.1. The molecule has 36 heavy (non-hydrogen) atoms. The number of likely N-dealkylation sites (tertiary alicyclic amines) is 1. The SMILES string of the molecule is C[C@H]1C[C@H]2N(C)C(=O)CC[C@]2(C)[C@H]2CC[C@]3(C)[C@@H](NC(=O)OC45CC6CC(CC(C6)C4)C5)CC[C@H]3[C@H]12. The van der Waals surface area contributed by atoms with E-state index in [1.807, 2.05) is 0 Å². The molecular formula is C31H48N2O3. The third kappa shape index (κ3) is 3.32. The highest BCUT2D eigenvalue weighted by molar-refractivity contribution is 5.77. The monoisotopic (exact) mass is 496 g/mol. The van der Waals surface area contributed by atoms with Crippen molar-refractivity contribution in [1.82, 2.24) is 10.2 Å². The third-order valence-corrected chi connectivity index (χ3v) is 13.5. The Morgan fingerprint density at radius 3 is 2.22 bits per heavy atom. The van der Waals surface area contributed by atoms with Gasteiger partial charge in [0.2, 0.25) is 5.91 Å². The average Bonchev–Trinajstić information content (AvgIpc) is 3.13. The predicted octanol–water partition coefficient (Wildman–Crippen LogP) is 6.16. The fourth-order valence-corrected chi connectivity index (χ4v) is 12.2. The molecule has 0 aromatic carbocycles. The van der Waals surface area contributed by atoms with Crippen molar-refractivity contribution in [3.05, 3.63) is 0 Å². The molecule has 0 radical (unpaired) electrons. The quantitative estimate of drug-likeness (QED) is 0.498. The van der Waals surface area contributed by atoms with Gasteiger partial charge in [-0.1, -0.05) is 20.8 Å². The molecule has 4 bridgehead atoms. The maximum Gasteiger partial charge on any atom is 0.407 e. The predicted molar refractivity (Wildman–Crippen MR) is 139 cm³/mol. The number of carbonyl (C=O) groups excluding carboxylic acids is 2. The molecule has 8 rings (SSSR count). The van der Waals surface area contributed by atoms with Crippen LogP contribution in [-0.4, -0.2) is 41.6 Å². The van der Waals surface area contributed by atoms with Gasteiger partial charge in [0.25, 0.3) is 0 Å². The molecule has 8 fully saturated rings. The largest absolute Gasteiger partial charge is 0.443 e. The smallest absolute Gasteiger partial charge is 0.407 e. The molecule has 5 nitrogen and oxygen atoms in total. The van der Waals surface area contributed by atoms with Gasteiger partial charge in [-0.15, -0.1) is 0 Å². The first-order chi connectivity index (χ1) is 17.1. The number of fused-ring (bicyclic) bond motifs is 5. The molecule has 1 N–H and O–H groups in total. The first kappa shape index (κ1) is 23.8. The van der Waals surface area contributed by atoms with Crippen LogP contribution in [0.4, 0.5) is 4.79 Å². The van der Waals surface area contributed by atoms with E-state index in [0.29, 0.717) is 42.0 Å². The molecule has 200 valence electrons. The van der Waals surface area contributed by atoms with Gasteiger partial charge in [0.05, 0.1) is 0 Å². The lowest BCUT2D eigenvalue weighted by atomic mass is 9.45. The van der Waals surface area contributed by atoms with E-state index in [9.17, 15) is 9.59 Å². The van der Waals surface area contributed by atoms with Crippen molar-refractivity contribution in [3.63, 3.8) is 0 Å². The van der Waals surface area contributed by atoms with Crippen molar-refractivity contribution >= 4 is 12.0 Å². The van der Waals surface area contributed by atoms with Gasteiger partial charge in [-0.3, -0.25) is 4.79 Å². The van der Waals surface area contributed by atoms with Crippen LogP contribution in [-0.2, 0) is 9.53 Å². The van der Waals surface area contributed by atoms with Crippen LogP contribution in [0, 0.1) is 52.3 Å². The van der Waals surface area contributed by atoms with Crippen LogP contribution in [0.5, 0.6) is 0 Å². The lowest BCUT2D eigenvalue weighted by Crippen LogP contribution is -2.64. The summed E-state index contributed by atoms with van der Waals surface area (Å²) < 4.78 is 6.39. The van der Waals surface area contributed by atoms with E-state index in [2.05, 4.69) is 38.0 Å². The topological polar surface area (TPSA) is 58.6 Å².